The summed E-state index contributed by atoms with van der Waals surface area (Å²) in [6.07, 6.45) is 0.618. The van der Waals surface area contributed by atoms with Crippen LogP contribution in [0.2, 0.25) is 0 Å². The maximum absolute atomic E-state index is 8.60. The van der Waals surface area contributed by atoms with Gasteiger partial charge in [-0.3, -0.25) is 4.90 Å². The van der Waals surface area contributed by atoms with Crippen molar-refractivity contribution >= 4 is 0 Å². The summed E-state index contributed by atoms with van der Waals surface area (Å²) in [6.45, 7) is 9.76. The molecule has 0 amide bonds. The quantitative estimate of drug-likeness (QED) is 0.655. The first kappa shape index (κ1) is 10.5. The van der Waals surface area contributed by atoms with Gasteiger partial charge in [0.15, 0.2) is 0 Å². The Hall–Kier alpha value is -0.590. The lowest BCUT2D eigenvalue weighted by Gasteiger charge is -2.41. The number of nitrogens with zero attached hydrogens (tertiary/aromatic N) is 2. The summed E-state index contributed by atoms with van der Waals surface area (Å²) >= 11 is 0. The number of nitrogens with one attached hydrogen (secondary N) is 1. The molecule has 74 valence electrons. The minimum Gasteiger partial charge on any atom is -0.310 e. The zero-order valence-electron chi connectivity index (χ0n) is 8.80. The number of hydrogen-bond acceptors (Lipinski definition) is 3. The van der Waals surface area contributed by atoms with E-state index >= 15 is 0 Å². The number of rotatable bonds is 1. The Kier molecular flexibility index (Phi) is 3.29. The van der Waals surface area contributed by atoms with E-state index in [2.05, 4.69) is 37.1 Å². The second-order valence-electron chi connectivity index (χ2n) is 4.63. The Morgan fingerprint density at radius 2 is 2.23 bits per heavy atom. The predicted molar refractivity (Wildman–Crippen MR) is 53.3 cm³/mol. The molecule has 1 atom stereocenters. The van der Waals surface area contributed by atoms with Crippen molar-refractivity contribution in [2.45, 2.75) is 38.8 Å². The van der Waals surface area contributed by atoms with Gasteiger partial charge in [-0.15, -0.1) is 0 Å². The second-order valence-corrected chi connectivity index (χ2v) is 4.63. The van der Waals surface area contributed by atoms with Gasteiger partial charge >= 0.3 is 0 Å². The molecule has 1 heterocycles. The average Bonchev–Trinajstić information content (AvgIpc) is 2.04. The SMILES string of the molecule is CC(C)(C)N1CCNC(CC#N)C1. The molecule has 13 heavy (non-hydrogen) atoms. The molecule has 1 aliphatic heterocycles. The maximum Gasteiger partial charge on any atom is 0.0638 e. The average molecular weight is 181 g/mol. The van der Waals surface area contributed by atoms with Crippen molar-refractivity contribution in [1.29, 1.82) is 5.26 Å². The van der Waals surface area contributed by atoms with Gasteiger partial charge in [0.1, 0.15) is 0 Å². The first-order valence-corrected chi connectivity index (χ1v) is 4.89. The fraction of sp³-hybridized carbons (Fsp3) is 0.900. The topological polar surface area (TPSA) is 39.1 Å². The van der Waals surface area contributed by atoms with Crippen LogP contribution in [0.1, 0.15) is 27.2 Å². The van der Waals surface area contributed by atoms with Crippen LogP contribution in [-0.2, 0) is 0 Å². The van der Waals surface area contributed by atoms with Crippen molar-refractivity contribution < 1.29 is 0 Å². The lowest BCUT2D eigenvalue weighted by molar-refractivity contribution is 0.0967. The van der Waals surface area contributed by atoms with Crippen LogP contribution in [0.25, 0.3) is 0 Å². The lowest BCUT2D eigenvalue weighted by Crippen LogP contribution is -2.56. The Morgan fingerprint density at radius 3 is 2.77 bits per heavy atom. The van der Waals surface area contributed by atoms with Gasteiger partial charge in [-0.2, -0.15) is 5.26 Å². The molecule has 0 spiro atoms. The summed E-state index contributed by atoms with van der Waals surface area (Å²) in [6, 6.07) is 2.58. The Morgan fingerprint density at radius 1 is 1.54 bits per heavy atom. The molecule has 0 aromatic carbocycles. The van der Waals surface area contributed by atoms with E-state index in [9.17, 15) is 0 Å². The zero-order chi connectivity index (χ0) is 9.90. The summed E-state index contributed by atoms with van der Waals surface area (Å²) in [7, 11) is 0. The Balaban J connectivity index is 2.48. The van der Waals surface area contributed by atoms with Crippen LogP contribution < -0.4 is 5.32 Å². The van der Waals surface area contributed by atoms with Crippen LogP contribution >= 0.6 is 0 Å². The van der Waals surface area contributed by atoms with Crippen molar-refractivity contribution in [2.75, 3.05) is 19.6 Å². The lowest BCUT2D eigenvalue weighted by atomic mass is 10.0. The summed E-state index contributed by atoms with van der Waals surface area (Å²) in [5.74, 6) is 0. The molecule has 3 nitrogen and oxygen atoms in total. The van der Waals surface area contributed by atoms with Crippen LogP contribution in [0.15, 0.2) is 0 Å². The predicted octanol–water partition coefficient (Wildman–Crippen LogP) is 0.972. The van der Waals surface area contributed by atoms with Crippen LogP contribution in [0.3, 0.4) is 0 Å². The van der Waals surface area contributed by atoms with Crippen molar-refractivity contribution in [2.24, 2.45) is 0 Å². The van der Waals surface area contributed by atoms with Crippen molar-refractivity contribution in [3.8, 4) is 6.07 Å². The molecular formula is C10H19N3. The maximum atomic E-state index is 8.60. The van der Waals surface area contributed by atoms with E-state index in [1.54, 1.807) is 0 Å². The van der Waals surface area contributed by atoms with Gasteiger partial charge in [0.2, 0.25) is 0 Å². The van der Waals surface area contributed by atoms with Gasteiger partial charge < -0.3 is 5.32 Å². The fourth-order valence-corrected chi connectivity index (χ4v) is 1.68. The molecule has 1 saturated heterocycles. The second kappa shape index (κ2) is 4.08. The minimum atomic E-state index is 0.232. The number of nitriles is 1. The first-order valence-electron chi connectivity index (χ1n) is 4.89. The molecule has 0 saturated carbocycles. The van der Waals surface area contributed by atoms with Gasteiger partial charge in [-0.25, -0.2) is 0 Å². The molecule has 1 N–H and O–H groups in total. The third kappa shape index (κ3) is 2.98. The highest BCUT2D eigenvalue weighted by Crippen LogP contribution is 2.15. The zero-order valence-corrected chi connectivity index (χ0v) is 8.80. The Bertz CT molecular complexity index is 199. The van der Waals surface area contributed by atoms with Crippen molar-refractivity contribution in [3.63, 3.8) is 0 Å². The normalized spacial score (nSPS) is 25.5. The summed E-state index contributed by atoms with van der Waals surface area (Å²) < 4.78 is 0. The van der Waals surface area contributed by atoms with Crippen molar-refractivity contribution in [1.82, 2.24) is 10.2 Å². The van der Waals surface area contributed by atoms with E-state index in [0.29, 0.717) is 12.5 Å². The molecule has 3 heteroatoms. The third-order valence-corrected chi connectivity index (χ3v) is 2.54. The highest BCUT2D eigenvalue weighted by Gasteiger charge is 2.26. The van der Waals surface area contributed by atoms with Gasteiger partial charge in [0, 0.05) is 31.2 Å². The number of hydrogen-bond donors (Lipinski definition) is 1. The molecule has 1 fully saturated rings. The van der Waals surface area contributed by atoms with Gasteiger partial charge in [-0.05, 0) is 20.8 Å². The fourth-order valence-electron chi connectivity index (χ4n) is 1.68. The van der Waals surface area contributed by atoms with E-state index in [-0.39, 0.29) is 5.54 Å². The summed E-state index contributed by atoms with van der Waals surface area (Å²) in [4.78, 5) is 2.44. The van der Waals surface area contributed by atoms with E-state index in [1.807, 2.05) is 0 Å². The van der Waals surface area contributed by atoms with Crippen LogP contribution in [0.5, 0.6) is 0 Å². The monoisotopic (exact) mass is 181 g/mol. The minimum absolute atomic E-state index is 0.232. The van der Waals surface area contributed by atoms with E-state index in [4.69, 9.17) is 5.26 Å². The van der Waals surface area contributed by atoms with Gasteiger partial charge in [0.05, 0.1) is 12.5 Å². The molecule has 0 aromatic heterocycles. The first-order chi connectivity index (χ1) is 6.04. The molecule has 0 radical (unpaired) electrons. The van der Waals surface area contributed by atoms with E-state index in [1.165, 1.54) is 0 Å². The van der Waals surface area contributed by atoms with Gasteiger partial charge in [0.25, 0.3) is 0 Å². The molecular weight excluding hydrogens is 162 g/mol. The molecule has 1 rings (SSSR count). The molecule has 0 bridgehead atoms. The number of piperazine rings is 1. The van der Waals surface area contributed by atoms with Crippen LogP contribution in [0.4, 0.5) is 0 Å². The van der Waals surface area contributed by atoms with Crippen molar-refractivity contribution in [3.05, 3.63) is 0 Å². The summed E-state index contributed by atoms with van der Waals surface area (Å²) in [5, 5.41) is 12.0. The molecule has 0 aromatic rings. The van der Waals surface area contributed by atoms with Gasteiger partial charge in [-0.1, -0.05) is 0 Å². The highest BCUT2D eigenvalue weighted by molar-refractivity contribution is 4.90. The largest absolute Gasteiger partial charge is 0.310 e. The highest BCUT2D eigenvalue weighted by atomic mass is 15.2. The third-order valence-electron chi connectivity index (χ3n) is 2.54. The van der Waals surface area contributed by atoms with Crippen LogP contribution in [0, 0.1) is 11.3 Å². The standard InChI is InChI=1S/C10H19N3/c1-10(2,3)13-7-6-12-9(8-13)4-5-11/h9,12H,4,6-8H2,1-3H3. The van der Waals surface area contributed by atoms with E-state index < -0.39 is 0 Å². The summed E-state index contributed by atoms with van der Waals surface area (Å²) in [5.41, 5.74) is 0.232. The molecule has 1 unspecified atom stereocenters. The van der Waals surface area contributed by atoms with Crippen LogP contribution in [-0.4, -0.2) is 36.1 Å². The molecule has 0 aliphatic carbocycles. The smallest absolute Gasteiger partial charge is 0.0638 e. The molecule has 1 aliphatic rings. The van der Waals surface area contributed by atoms with E-state index in [0.717, 1.165) is 19.6 Å². The Labute approximate surface area is 80.7 Å².